The first-order valence-electron chi connectivity index (χ1n) is 7.27. The Morgan fingerprint density at radius 3 is 2.52 bits per heavy atom. The van der Waals surface area contributed by atoms with Crippen LogP contribution in [0.5, 0.6) is 0 Å². The highest BCUT2D eigenvalue weighted by Gasteiger charge is 2.14. The third-order valence-corrected chi connectivity index (χ3v) is 4.35. The highest BCUT2D eigenvalue weighted by molar-refractivity contribution is 7.99. The van der Waals surface area contributed by atoms with E-state index in [0.29, 0.717) is 6.04 Å². The van der Waals surface area contributed by atoms with E-state index in [4.69, 9.17) is 0 Å². The van der Waals surface area contributed by atoms with Gasteiger partial charge in [-0.1, -0.05) is 48.0 Å². The molecule has 1 N–H and O–H groups in total. The van der Waals surface area contributed by atoms with Crippen molar-refractivity contribution in [3.05, 3.63) is 34.9 Å². The fourth-order valence-electron chi connectivity index (χ4n) is 2.30. The second-order valence-electron chi connectivity index (χ2n) is 5.32. The molecule has 0 aliphatic carbocycles. The lowest BCUT2D eigenvalue weighted by molar-refractivity contribution is 0.575. The molecule has 2 aromatic rings. The molecule has 1 aromatic carbocycles. The lowest BCUT2D eigenvalue weighted by Crippen LogP contribution is -2.24. The van der Waals surface area contributed by atoms with Crippen molar-refractivity contribution in [1.29, 1.82) is 0 Å². The van der Waals surface area contributed by atoms with Crippen LogP contribution in [0.25, 0.3) is 0 Å². The van der Waals surface area contributed by atoms with E-state index in [9.17, 15) is 0 Å². The van der Waals surface area contributed by atoms with Gasteiger partial charge in [0.15, 0.2) is 0 Å². The van der Waals surface area contributed by atoms with Crippen molar-refractivity contribution in [2.24, 2.45) is 7.05 Å². The van der Waals surface area contributed by atoms with Crippen molar-refractivity contribution < 1.29 is 0 Å². The number of tetrazole rings is 1. The molecule has 0 radical (unpaired) electrons. The number of nitrogens with one attached hydrogen (secondary N) is 1. The maximum absolute atomic E-state index is 4.03. The molecule has 1 heterocycles. The summed E-state index contributed by atoms with van der Waals surface area (Å²) >= 11 is 1.68. The molecule has 0 aliphatic heterocycles. The third kappa shape index (κ3) is 4.54. The van der Waals surface area contributed by atoms with Gasteiger partial charge in [0.1, 0.15) is 0 Å². The molecule has 6 heteroatoms. The van der Waals surface area contributed by atoms with Crippen molar-refractivity contribution in [3.63, 3.8) is 0 Å². The summed E-state index contributed by atoms with van der Waals surface area (Å²) in [5, 5.41) is 16.1. The second kappa shape index (κ2) is 7.56. The summed E-state index contributed by atoms with van der Waals surface area (Å²) < 4.78 is 1.71. The molecule has 1 aromatic heterocycles. The molecule has 1 atom stereocenters. The van der Waals surface area contributed by atoms with Gasteiger partial charge in [-0.3, -0.25) is 0 Å². The van der Waals surface area contributed by atoms with Crippen molar-refractivity contribution >= 4 is 11.8 Å². The molecule has 0 fully saturated rings. The summed E-state index contributed by atoms with van der Waals surface area (Å²) in [5.74, 6) is 0.914. The van der Waals surface area contributed by atoms with Crippen LogP contribution in [0, 0.1) is 13.8 Å². The van der Waals surface area contributed by atoms with Gasteiger partial charge >= 0.3 is 0 Å². The molecular formula is C15H23N5S. The Morgan fingerprint density at radius 1 is 1.24 bits per heavy atom. The first-order valence-corrected chi connectivity index (χ1v) is 8.25. The second-order valence-corrected chi connectivity index (χ2v) is 6.31. The van der Waals surface area contributed by atoms with E-state index in [2.05, 4.69) is 59.8 Å². The molecular weight excluding hydrogens is 282 g/mol. The topological polar surface area (TPSA) is 55.6 Å². The quantitative estimate of drug-likeness (QED) is 0.797. The number of rotatable bonds is 7. The van der Waals surface area contributed by atoms with E-state index in [1.807, 2.05) is 7.05 Å². The molecule has 0 amide bonds. The van der Waals surface area contributed by atoms with Gasteiger partial charge in [0, 0.05) is 18.8 Å². The van der Waals surface area contributed by atoms with Gasteiger partial charge in [-0.2, -0.15) is 0 Å². The highest BCUT2D eigenvalue weighted by atomic mass is 32.2. The first-order chi connectivity index (χ1) is 10.1. The highest BCUT2D eigenvalue weighted by Crippen LogP contribution is 2.24. The first kappa shape index (κ1) is 16.0. The number of nitrogens with zero attached hydrogens (tertiary/aromatic N) is 4. The van der Waals surface area contributed by atoms with E-state index in [0.717, 1.165) is 23.9 Å². The third-order valence-electron chi connectivity index (χ3n) is 3.25. The van der Waals surface area contributed by atoms with Gasteiger partial charge in [-0.15, -0.1) is 5.10 Å². The zero-order chi connectivity index (χ0) is 15.2. The minimum absolute atomic E-state index is 0.310. The summed E-state index contributed by atoms with van der Waals surface area (Å²) in [6.07, 6.45) is 1.12. The average molecular weight is 305 g/mol. The summed E-state index contributed by atoms with van der Waals surface area (Å²) in [4.78, 5) is 0. The van der Waals surface area contributed by atoms with Crippen LogP contribution in [0.1, 0.15) is 36.1 Å². The van der Waals surface area contributed by atoms with Crippen LogP contribution in [-0.2, 0) is 7.05 Å². The Morgan fingerprint density at radius 2 is 1.95 bits per heavy atom. The lowest BCUT2D eigenvalue weighted by atomic mass is 10.0. The molecule has 0 bridgehead atoms. The predicted molar refractivity (Wildman–Crippen MR) is 86.5 cm³/mol. The monoisotopic (exact) mass is 305 g/mol. The molecule has 1 unspecified atom stereocenters. The SMILES string of the molecule is CCCNC(CSc1nnnn1C)c1cc(C)cc(C)c1. The van der Waals surface area contributed by atoms with Crippen molar-refractivity contribution in [2.45, 2.75) is 38.4 Å². The van der Waals surface area contributed by atoms with E-state index in [1.165, 1.54) is 16.7 Å². The maximum atomic E-state index is 4.03. The lowest BCUT2D eigenvalue weighted by Gasteiger charge is -2.19. The smallest absolute Gasteiger partial charge is 0.209 e. The maximum Gasteiger partial charge on any atom is 0.209 e. The van der Waals surface area contributed by atoms with Crippen LogP contribution in [0.3, 0.4) is 0 Å². The molecule has 5 nitrogen and oxygen atoms in total. The Labute approximate surface area is 130 Å². The van der Waals surface area contributed by atoms with E-state index in [-0.39, 0.29) is 0 Å². The largest absolute Gasteiger partial charge is 0.309 e. The number of hydrogen-bond acceptors (Lipinski definition) is 5. The van der Waals surface area contributed by atoms with Crippen molar-refractivity contribution in [2.75, 3.05) is 12.3 Å². The van der Waals surface area contributed by atoms with Crippen LogP contribution in [0.4, 0.5) is 0 Å². The molecule has 0 saturated carbocycles. The summed E-state index contributed by atoms with van der Waals surface area (Å²) in [7, 11) is 1.87. The molecule has 21 heavy (non-hydrogen) atoms. The Balaban J connectivity index is 2.11. The molecule has 0 saturated heterocycles. The minimum Gasteiger partial charge on any atom is -0.309 e. The predicted octanol–water partition coefficient (Wildman–Crippen LogP) is 2.66. The molecule has 2 rings (SSSR count). The molecule has 0 aliphatic rings. The zero-order valence-corrected chi connectivity index (χ0v) is 13.9. The molecule has 0 spiro atoms. The standard InChI is InChI=1S/C15H23N5S/c1-5-6-16-14(10-21-15-17-18-19-20(15)4)13-8-11(2)7-12(3)9-13/h7-9,14,16H,5-6,10H2,1-4H3. The normalized spacial score (nSPS) is 12.6. The van der Waals surface area contributed by atoms with Gasteiger partial charge in [-0.25, -0.2) is 4.68 Å². The van der Waals surface area contributed by atoms with Crippen LogP contribution < -0.4 is 5.32 Å². The summed E-state index contributed by atoms with van der Waals surface area (Å²) in [5.41, 5.74) is 3.95. The fourth-order valence-corrected chi connectivity index (χ4v) is 3.25. The van der Waals surface area contributed by atoms with Crippen LogP contribution in [0.2, 0.25) is 0 Å². The van der Waals surface area contributed by atoms with Crippen molar-refractivity contribution in [1.82, 2.24) is 25.5 Å². The number of benzene rings is 1. The number of thioether (sulfide) groups is 1. The number of aryl methyl sites for hydroxylation is 3. The van der Waals surface area contributed by atoms with Gasteiger partial charge in [0.05, 0.1) is 0 Å². The average Bonchev–Trinajstić information content (AvgIpc) is 2.83. The van der Waals surface area contributed by atoms with Gasteiger partial charge in [0.2, 0.25) is 5.16 Å². The zero-order valence-electron chi connectivity index (χ0n) is 13.1. The van der Waals surface area contributed by atoms with E-state index in [1.54, 1.807) is 16.4 Å². The number of aromatic nitrogens is 4. The fraction of sp³-hybridized carbons (Fsp3) is 0.533. The van der Waals surface area contributed by atoms with Gasteiger partial charge in [-0.05, 0) is 42.8 Å². The van der Waals surface area contributed by atoms with Crippen LogP contribution >= 0.6 is 11.8 Å². The van der Waals surface area contributed by atoms with Crippen LogP contribution in [-0.4, -0.2) is 32.5 Å². The minimum atomic E-state index is 0.310. The Bertz CT molecular complexity index is 561. The van der Waals surface area contributed by atoms with E-state index < -0.39 is 0 Å². The summed E-state index contributed by atoms with van der Waals surface area (Å²) in [6.45, 7) is 7.49. The van der Waals surface area contributed by atoms with Crippen molar-refractivity contribution in [3.8, 4) is 0 Å². The Hall–Kier alpha value is -1.40. The number of hydrogen-bond donors (Lipinski definition) is 1. The van der Waals surface area contributed by atoms with E-state index >= 15 is 0 Å². The Kier molecular flexibility index (Phi) is 5.76. The summed E-state index contributed by atoms with van der Waals surface area (Å²) in [6, 6.07) is 7.04. The van der Waals surface area contributed by atoms with Crippen LogP contribution in [0.15, 0.2) is 23.4 Å². The molecule has 114 valence electrons. The van der Waals surface area contributed by atoms with Gasteiger partial charge in [0.25, 0.3) is 0 Å². The van der Waals surface area contributed by atoms with Gasteiger partial charge < -0.3 is 5.32 Å².